The molecule has 0 unspecified atom stereocenters. The molecule has 1 saturated carbocycles. The molecule has 2 aromatic carbocycles. The summed E-state index contributed by atoms with van der Waals surface area (Å²) in [5, 5.41) is 0. The van der Waals surface area contributed by atoms with Gasteiger partial charge >= 0.3 is 0 Å². The second-order valence-electron chi connectivity index (χ2n) is 6.14. The van der Waals surface area contributed by atoms with E-state index in [0.717, 1.165) is 28.7 Å². The van der Waals surface area contributed by atoms with Crippen LogP contribution < -0.4 is 0 Å². The van der Waals surface area contributed by atoms with E-state index in [1.807, 2.05) is 19.1 Å². The van der Waals surface area contributed by atoms with Crippen molar-refractivity contribution in [2.45, 2.75) is 19.8 Å². The first kappa shape index (κ1) is 16.3. The average molecular weight is 324 g/mol. The third kappa shape index (κ3) is 3.67. The maximum absolute atomic E-state index is 13.0. The maximum Gasteiger partial charge on any atom is 0.185 e. The topological polar surface area (TPSA) is 17.1 Å². The molecular formula is C21H18F2O. The summed E-state index contributed by atoms with van der Waals surface area (Å²) < 4.78 is 26.0. The number of hydrogen-bond acceptors (Lipinski definition) is 1. The monoisotopic (exact) mass is 324 g/mol. The molecule has 0 radical (unpaired) electrons. The Morgan fingerprint density at radius 1 is 0.875 bits per heavy atom. The zero-order valence-electron chi connectivity index (χ0n) is 13.4. The molecule has 0 N–H and O–H groups in total. The van der Waals surface area contributed by atoms with E-state index in [2.05, 4.69) is 0 Å². The normalized spacial score (nSPS) is 21.5. The van der Waals surface area contributed by atoms with Crippen LogP contribution in [-0.2, 0) is 4.79 Å². The third-order valence-electron chi connectivity index (χ3n) is 4.33. The molecule has 2 aromatic rings. The first-order valence-corrected chi connectivity index (χ1v) is 8.01. The Bertz CT molecular complexity index is 799. The first-order chi connectivity index (χ1) is 11.5. The highest BCUT2D eigenvalue weighted by Gasteiger charge is 2.26. The SMILES string of the molecule is C[C@@H]1CC/C(=C/c2ccc(F)cc2)C(=O)/C1=C/c1ccc(F)cc1. The largest absolute Gasteiger partial charge is 0.289 e. The minimum atomic E-state index is -0.294. The summed E-state index contributed by atoms with van der Waals surface area (Å²) in [6, 6.07) is 12.2. The zero-order valence-corrected chi connectivity index (χ0v) is 13.4. The summed E-state index contributed by atoms with van der Waals surface area (Å²) in [5.74, 6) is -0.412. The van der Waals surface area contributed by atoms with Gasteiger partial charge in [-0.3, -0.25) is 4.79 Å². The fourth-order valence-electron chi connectivity index (χ4n) is 2.89. The van der Waals surface area contributed by atoms with E-state index in [-0.39, 0.29) is 23.3 Å². The third-order valence-corrected chi connectivity index (χ3v) is 4.33. The van der Waals surface area contributed by atoms with E-state index in [9.17, 15) is 13.6 Å². The predicted octanol–water partition coefficient (Wildman–Crippen LogP) is 5.43. The van der Waals surface area contributed by atoms with Gasteiger partial charge in [0.25, 0.3) is 0 Å². The summed E-state index contributed by atoms with van der Waals surface area (Å²) in [6.45, 7) is 2.03. The summed E-state index contributed by atoms with van der Waals surface area (Å²) in [7, 11) is 0. The van der Waals surface area contributed by atoms with Gasteiger partial charge in [-0.1, -0.05) is 31.2 Å². The minimum Gasteiger partial charge on any atom is -0.289 e. The Morgan fingerprint density at radius 3 is 1.92 bits per heavy atom. The van der Waals surface area contributed by atoms with Gasteiger partial charge in [-0.05, 0) is 66.3 Å². The van der Waals surface area contributed by atoms with Crippen LogP contribution in [0.2, 0.25) is 0 Å². The molecule has 1 fully saturated rings. The van der Waals surface area contributed by atoms with E-state index in [1.165, 1.54) is 24.3 Å². The van der Waals surface area contributed by atoms with Crippen molar-refractivity contribution >= 4 is 17.9 Å². The lowest BCUT2D eigenvalue weighted by Gasteiger charge is -2.23. The molecule has 122 valence electrons. The van der Waals surface area contributed by atoms with Crippen molar-refractivity contribution in [3.05, 3.63) is 82.4 Å². The fourth-order valence-corrected chi connectivity index (χ4v) is 2.89. The fraction of sp³-hybridized carbons (Fsp3) is 0.190. The van der Waals surface area contributed by atoms with Gasteiger partial charge in [-0.15, -0.1) is 0 Å². The number of hydrogen-bond donors (Lipinski definition) is 0. The molecule has 0 aromatic heterocycles. The summed E-state index contributed by atoms with van der Waals surface area (Å²) in [6.07, 6.45) is 5.25. The number of rotatable bonds is 2. The van der Waals surface area contributed by atoms with Crippen molar-refractivity contribution in [2.75, 3.05) is 0 Å². The summed E-state index contributed by atoms with van der Waals surface area (Å²) >= 11 is 0. The number of halogens is 2. The predicted molar refractivity (Wildman–Crippen MR) is 92.2 cm³/mol. The van der Waals surface area contributed by atoms with E-state index in [1.54, 1.807) is 24.3 Å². The Hall–Kier alpha value is -2.55. The molecular weight excluding hydrogens is 306 g/mol. The summed E-state index contributed by atoms with van der Waals surface area (Å²) in [5.41, 5.74) is 3.10. The van der Waals surface area contributed by atoms with Crippen LogP contribution in [-0.4, -0.2) is 5.78 Å². The van der Waals surface area contributed by atoms with Crippen molar-refractivity contribution in [1.29, 1.82) is 0 Å². The molecule has 0 aliphatic heterocycles. The standard InChI is InChI=1S/C21H18F2O/c1-14-2-7-17(12-15-3-8-18(22)9-4-15)21(24)20(14)13-16-5-10-19(23)11-6-16/h3-6,8-14H,2,7H2,1H3/b17-12-,20-13+/t14-/m1/s1. The van der Waals surface area contributed by atoms with Crippen LogP contribution in [0, 0.1) is 17.6 Å². The lowest BCUT2D eigenvalue weighted by atomic mass is 9.80. The van der Waals surface area contributed by atoms with Crippen LogP contribution in [0.1, 0.15) is 30.9 Å². The van der Waals surface area contributed by atoms with Crippen LogP contribution >= 0.6 is 0 Å². The van der Waals surface area contributed by atoms with Gasteiger partial charge in [0.05, 0.1) is 0 Å². The van der Waals surface area contributed by atoms with Crippen LogP contribution in [0.3, 0.4) is 0 Å². The Balaban J connectivity index is 1.91. The molecule has 1 nitrogen and oxygen atoms in total. The van der Waals surface area contributed by atoms with Crippen molar-refractivity contribution in [2.24, 2.45) is 5.92 Å². The molecule has 3 rings (SSSR count). The molecule has 1 aliphatic carbocycles. The molecule has 3 heteroatoms. The van der Waals surface area contributed by atoms with Gasteiger partial charge in [-0.25, -0.2) is 8.78 Å². The van der Waals surface area contributed by atoms with E-state index in [4.69, 9.17) is 0 Å². The van der Waals surface area contributed by atoms with Crippen LogP contribution in [0.25, 0.3) is 12.2 Å². The van der Waals surface area contributed by atoms with Gasteiger partial charge in [0.15, 0.2) is 5.78 Å². The number of carbonyl (C=O) groups excluding carboxylic acids is 1. The molecule has 0 amide bonds. The molecule has 1 atom stereocenters. The second-order valence-corrected chi connectivity index (χ2v) is 6.14. The number of benzene rings is 2. The van der Waals surface area contributed by atoms with Gasteiger partial charge in [0, 0.05) is 11.1 Å². The second kappa shape index (κ2) is 6.91. The maximum atomic E-state index is 13.0. The van der Waals surface area contributed by atoms with Gasteiger partial charge in [-0.2, -0.15) is 0 Å². The van der Waals surface area contributed by atoms with Crippen LogP contribution in [0.15, 0.2) is 59.7 Å². The van der Waals surface area contributed by atoms with Crippen molar-refractivity contribution in [3.63, 3.8) is 0 Å². The highest BCUT2D eigenvalue weighted by Crippen LogP contribution is 2.32. The minimum absolute atomic E-state index is 0.0161. The van der Waals surface area contributed by atoms with Crippen LogP contribution in [0.5, 0.6) is 0 Å². The molecule has 0 heterocycles. The van der Waals surface area contributed by atoms with Crippen LogP contribution in [0.4, 0.5) is 8.78 Å². The van der Waals surface area contributed by atoms with Gasteiger partial charge < -0.3 is 0 Å². The average Bonchev–Trinajstić information content (AvgIpc) is 2.58. The molecule has 0 spiro atoms. The lowest BCUT2D eigenvalue weighted by Crippen LogP contribution is -2.19. The molecule has 0 saturated heterocycles. The van der Waals surface area contributed by atoms with E-state index in [0.29, 0.717) is 6.42 Å². The highest BCUT2D eigenvalue weighted by atomic mass is 19.1. The first-order valence-electron chi connectivity index (χ1n) is 8.01. The van der Waals surface area contributed by atoms with E-state index >= 15 is 0 Å². The lowest BCUT2D eigenvalue weighted by molar-refractivity contribution is -0.113. The number of allylic oxidation sites excluding steroid dienone is 2. The van der Waals surface area contributed by atoms with Gasteiger partial charge in [0.2, 0.25) is 0 Å². The Labute approximate surface area is 140 Å². The number of ketones is 1. The number of Topliss-reactive ketones (excluding diaryl/α,β-unsaturated/α-hetero) is 1. The smallest absolute Gasteiger partial charge is 0.185 e. The number of carbonyl (C=O) groups is 1. The molecule has 24 heavy (non-hydrogen) atoms. The van der Waals surface area contributed by atoms with Gasteiger partial charge in [0.1, 0.15) is 11.6 Å². The van der Waals surface area contributed by atoms with Crippen molar-refractivity contribution < 1.29 is 13.6 Å². The highest BCUT2D eigenvalue weighted by molar-refractivity contribution is 6.14. The Morgan fingerprint density at radius 2 is 1.38 bits per heavy atom. The zero-order chi connectivity index (χ0) is 17.1. The Kier molecular flexibility index (Phi) is 4.70. The molecule has 0 bridgehead atoms. The quantitative estimate of drug-likeness (QED) is 0.673. The van der Waals surface area contributed by atoms with Crippen molar-refractivity contribution in [1.82, 2.24) is 0 Å². The van der Waals surface area contributed by atoms with Crippen molar-refractivity contribution in [3.8, 4) is 0 Å². The summed E-state index contributed by atoms with van der Waals surface area (Å²) in [4.78, 5) is 12.8. The molecule has 1 aliphatic rings. The van der Waals surface area contributed by atoms with E-state index < -0.39 is 0 Å².